The topological polar surface area (TPSA) is 85.3 Å². The third-order valence-electron chi connectivity index (χ3n) is 3.46. The van der Waals surface area contributed by atoms with Crippen molar-refractivity contribution in [1.82, 2.24) is 4.57 Å². The van der Waals surface area contributed by atoms with Gasteiger partial charge in [-0.05, 0) is 60.7 Å². The van der Waals surface area contributed by atoms with Crippen molar-refractivity contribution >= 4 is 27.1 Å². The Morgan fingerprint density at radius 1 is 1.13 bits per heavy atom. The van der Waals surface area contributed by atoms with Crippen molar-refractivity contribution in [3.8, 4) is 16.3 Å². The van der Waals surface area contributed by atoms with E-state index in [9.17, 15) is 13.0 Å². The number of nitrogens with two attached hydrogens (primary N) is 1. The first kappa shape index (κ1) is 15.8. The molecule has 3 aromatic rings. The van der Waals surface area contributed by atoms with Gasteiger partial charge < -0.3 is 10.3 Å². The number of hydrogen-bond donors (Lipinski definition) is 2. The maximum atomic E-state index is 11.7. The van der Waals surface area contributed by atoms with Crippen LogP contribution in [0.1, 0.15) is 11.1 Å². The van der Waals surface area contributed by atoms with E-state index in [1.54, 1.807) is 28.0 Å². The molecule has 5 nitrogen and oxygen atoms in total. The zero-order valence-electron chi connectivity index (χ0n) is 12.6. The van der Waals surface area contributed by atoms with E-state index in [0.717, 1.165) is 21.7 Å². The molecule has 2 aromatic heterocycles. The van der Waals surface area contributed by atoms with E-state index in [1.807, 2.05) is 37.6 Å². The summed E-state index contributed by atoms with van der Waals surface area (Å²) in [6.45, 7) is 3.94. The summed E-state index contributed by atoms with van der Waals surface area (Å²) >= 11 is 1.58. The van der Waals surface area contributed by atoms with Gasteiger partial charge in [-0.3, -0.25) is 4.55 Å². The Balaban J connectivity index is 2.29. The highest BCUT2D eigenvalue weighted by atomic mass is 32.2. The number of aryl methyl sites for hydroxylation is 2. The highest BCUT2D eigenvalue weighted by Gasteiger charge is 2.20. The molecule has 3 rings (SSSR count). The summed E-state index contributed by atoms with van der Waals surface area (Å²) in [5.74, 6) is 0. The largest absolute Gasteiger partial charge is 0.399 e. The van der Waals surface area contributed by atoms with E-state index in [0.29, 0.717) is 5.69 Å². The Bertz CT molecular complexity index is 985. The molecular weight excluding hydrogens is 332 g/mol. The molecule has 0 atom stereocenters. The molecule has 0 bridgehead atoms. The van der Waals surface area contributed by atoms with Crippen molar-refractivity contribution in [2.75, 3.05) is 5.73 Å². The predicted molar refractivity (Wildman–Crippen MR) is 92.8 cm³/mol. The van der Waals surface area contributed by atoms with Gasteiger partial charge in [0.15, 0.2) is 0 Å². The van der Waals surface area contributed by atoms with Gasteiger partial charge in [0.2, 0.25) is 0 Å². The third kappa shape index (κ3) is 3.03. The normalized spacial score (nSPS) is 11.8. The van der Waals surface area contributed by atoms with Crippen LogP contribution >= 0.6 is 11.3 Å². The zero-order valence-corrected chi connectivity index (χ0v) is 14.3. The lowest BCUT2D eigenvalue weighted by atomic mass is 10.2. The Kier molecular flexibility index (Phi) is 3.79. The van der Waals surface area contributed by atoms with Crippen molar-refractivity contribution in [1.29, 1.82) is 0 Å². The van der Waals surface area contributed by atoms with Crippen molar-refractivity contribution in [2.45, 2.75) is 18.7 Å². The number of nitrogens with zero attached hydrogens (tertiary/aromatic N) is 1. The highest BCUT2D eigenvalue weighted by Crippen LogP contribution is 2.33. The van der Waals surface area contributed by atoms with E-state index < -0.39 is 10.1 Å². The monoisotopic (exact) mass is 348 g/mol. The summed E-state index contributed by atoms with van der Waals surface area (Å²) in [4.78, 5) is 0.816. The summed E-state index contributed by atoms with van der Waals surface area (Å²) in [6, 6.07) is 8.50. The molecule has 0 aliphatic carbocycles. The molecular formula is C16H16N2O3S2. The molecule has 7 heteroatoms. The number of anilines is 1. The van der Waals surface area contributed by atoms with Crippen molar-refractivity contribution < 1.29 is 13.0 Å². The molecule has 0 saturated heterocycles. The Morgan fingerprint density at radius 2 is 1.87 bits per heavy atom. The molecule has 0 aliphatic heterocycles. The summed E-state index contributed by atoms with van der Waals surface area (Å²) < 4.78 is 34.8. The van der Waals surface area contributed by atoms with Gasteiger partial charge in [0.25, 0.3) is 10.1 Å². The van der Waals surface area contributed by atoms with Crippen molar-refractivity contribution in [3.63, 3.8) is 0 Å². The SMILES string of the molecule is Cc1csc(-c2cc(C)cn2-c2ccc(N)cc2S(=O)(=O)O)c1. The summed E-state index contributed by atoms with van der Waals surface area (Å²) in [5.41, 5.74) is 9.33. The van der Waals surface area contributed by atoms with Gasteiger partial charge in [-0.25, -0.2) is 0 Å². The first-order chi connectivity index (χ1) is 10.8. The first-order valence-electron chi connectivity index (χ1n) is 6.87. The second kappa shape index (κ2) is 5.52. The lowest BCUT2D eigenvalue weighted by Gasteiger charge is -2.12. The van der Waals surface area contributed by atoms with Gasteiger partial charge in [0.1, 0.15) is 4.90 Å². The zero-order chi connectivity index (χ0) is 16.8. The molecule has 0 fully saturated rings. The molecule has 0 aliphatic rings. The minimum absolute atomic E-state index is 0.206. The van der Waals surface area contributed by atoms with Crippen LogP contribution in [-0.4, -0.2) is 17.5 Å². The van der Waals surface area contributed by atoms with Crippen LogP contribution in [0.25, 0.3) is 16.3 Å². The summed E-state index contributed by atoms with van der Waals surface area (Å²) in [6.07, 6.45) is 1.84. The smallest absolute Gasteiger partial charge is 0.296 e. The summed E-state index contributed by atoms with van der Waals surface area (Å²) in [7, 11) is -4.39. The van der Waals surface area contributed by atoms with Crippen molar-refractivity contribution in [2.24, 2.45) is 0 Å². The van der Waals surface area contributed by atoms with E-state index in [2.05, 4.69) is 0 Å². The molecule has 0 amide bonds. The maximum Gasteiger partial charge on any atom is 0.296 e. The van der Waals surface area contributed by atoms with Crippen LogP contribution < -0.4 is 5.73 Å². The van der Waals surface area contributed by atoms with Crippen LogP contribution in [0, 0.1) is 13.8 Å². The second-order valence-electron chi connectivity index (χ2n) is 5.46. The average Bonchev–Trinajstić information content (AvgIpc) is 3.03. The first-order valence-corrected chi connectivity index (χ1v) is 9.19. The van der Waals surface area contributed by atoms with Crippen LogP contribution in [0.3, 0.4) is 0 Å². The molecule has 0 saturated carbocycles. The molecule has 3 N–H and O–H groups in total. The van der Waals surface area contributed by atoms with Gasteiger partial charge in [-0.1, -0.05) is 0 Å². The lowest BCUT2D eigenvalue weighted by molar-refractivity contribution is 0.483. The Labute approximate surface area is 138 Å². The van der Waals surface area contributed by atoms with Gasteiger partial charge in [-0.15, -0.1) is 11.3 Å². The van der Waals surface area contributed by atoms with Crippen LogP contribution in [0.5, 0.6) is 0 Å². The van der Waals surface area contributed by atoms with Gasteiger partial charge in [-0.2, -0.15) is 8.42 Å². The fourth-order valence-corrected chi connectivity index (χ4v) is 4.12. The van der Waals surface area contributed by atoms with E-state index in [4.69, 9.17) is 5.73 Å². The Hall–Kier alpha value is -2.09. The standard InChI is InChI=1S/C16H16N2O3S2/c1-10-5-14(15-6-11(2)9-22-15)18(8-10)13-4-3-12(17)7-16(13)23(19,20)21/h3-9H,17H2,1-2H3,(H,19,20,21). The van der Waals surface area contributed by atoms with Crippen LogP contribution in [0.4, 0.5) is 5.69 Å². The number of rotatable bonds is 3. The average molecular weight is 348 g/mol. The highest BCUT2D eigenvalue weighted by molar-refractivity contribution is 7.86. The van der Waals surface area contributed by atoms with E-state index >= 15 is 0 Å². The van der Waals surface area contributed by atoms with Gasteiger partial charge in [0.05, 0.1) is 16.3 Å². The van der Waals surface area contributed by atoms with Gasteiger partial charge >= 0.3 is 0 Å². The third-order valence-corrected chi connectivity index (χ3v) is 5.41. The van der Waals surface area contributed by atoms with Crippen LogP contribution in [0.15, 0.2) is 46.8 Å². The second-order valence-corrected chi connectivity index (χ2v) is 7.76. The predicted octanol–water partition coefficient (Wildman–Crippen LogP) is 3.65. The molecule has 2 heterocycles. The minimum Gasteiger partial charge on any atom is -0.399 e. The van der Waals surface area contributed by atoms with Crippen LogP contribution in [0.2, 0.25) is 0 Å². The number of hydrogen-bond acceptors (Lipinski definition) is 4. The van der Waals surface area contributed by atoms with E-state index in [1.165, 1.54) is 6.07 Å². The fraction of sp³-hybridized carbons (Fsp3) is 0.125. The Morgan fingerprint density at radius 3 is 2.48 bits per heavy atom. The number of thiophene rings is 1. The summed E-state index contributed by atoms with van der Waals surface area (Å²) in [5, 5.41) is 2.04. The molecule has 0 unspecified atom stereocenters. The molecule has 1 aromatic carbocycles. The van der Waals surface area contributed by atoms with Crippen molar-refractivity contribution in [3.05, 3.63) is 53.0 Å². The lowest BCUT2D eigenvalue weighted by Crippen LogP contribution is -2.07. The van der Waals surface area contributed by atoms with E-state index in [-0.39, 0.29) is 10.6 Å². The molecule has 23 heavy (non-hydrogen) atoms. The maximum absolute atomic E-state index is 11.7. The molecule has 0 radical (unpaired) electrons. The molecule has 120 valence electrons. The van der Waals surface area contributed by atoms with Crippen LogP contribution in [-0.2, 0) is 10.1 Å². The molecule has 0 spiro atoms. The number of aromatic nitrogens is 1. The minimum atomic E-state index is -4.39. The van der Waals surface area contributed by atoms with Gasteiger partial charge in [0, 0.05) is 11.9 Å². The fourth-order valence-electron chi connectivity index (χ4n) is 2.49. The quantitative estimate of drug-likeness (QED) is 0.559. The number of benzene rings is 1. The number of nitrogen functional groups attached to an aromatic ring is 1.